The fraction of sp³-hybridized carbons (Fsp3) is 0.692. The van der Waals surface area contributed by atoms with Crippen molar-refractivity contribution < 1.29 is 19.1 Å². The summed E-state index contributed by atoms with van der Waals surface area (Å²) in [5.41, 5.74) is -1.31. The van der Waals surface area contributed by atoms with Gasteiger partial charge in [-0.15, -0.1) is 12.3 Å². The van der Waals surface area contributed by atoms with Crippen LogP contribution >= 0.6 is 0 Å². The second-order valence-corrected chi connectivity index (χ2v) is 5.49. The number of carbonyl (C=O) groups is 2. The van der Waals surface area contributed by atoms with E-state index in [-0.39, 0.29) is 25.5 Å². The number of nitrogens with zero attached hydrogens (tertiary/aromatic N) is 1. The lowest BCUT2D eigenvalue weighted by atomic mass is 9.77. The highest BCUT2D eigenvalue weighted by Gasteiger charge is 2.52. The Hall–Kier alpha value is -1.70. The minimum Gasteiger partial charge on any atom is -0.468 e. The van der Waals surface area contributed by atoms with Gasteiger partial charge >= 0.3 is 12.1 Å². The molecule has 1 aliphatic rings. The van der Waals surface area contributed by atoms with E-state index in [1.165, 1.54) is 12.0 Å². The van der Waals surface area contributed by atoms with Gasteiger partial charge in [0.05, 0.1) is 7.11 Å². The van der Waals surface area contributed by atoms with Crippen LogP contribution in [0.1, 0.15) is 27.2 Å². The van der Waals surface area contributed by atoms with E-state index in [9.17, 15) is 9.59 Å². The zero-order valence-electron chi connectivity index (χ0n) is 11.3. The first-order chi connectivity index (χ1) is 8.24. The van der Waals surface area contributed by atoms with Crippen LogP contribution in [0.2, 0.25) is 0 Å². The number of hydrogen-bond donors (Lipinski definition) is 0. The first-order valence-electron chi connectivity index (χ1n) is 5.74. The normalized spacial score (nSPS) is 17.4. The zero-order valence-corrected chi connectivity index (χ0v) is 11.3. The predicted molar refractivity (Wildman–Crippen MR) is 65.7 cm³/mol. The minimum atomic E-state index is -0.763. The van der Waals surface area contributed by atoms with Crippen LogP contribution in [0.5, 0.6) is 0 Å². The Morgan fingerprint density at radius 3 is 2.33 bits per heavy atom. The van der Waals surface area contributed by atoms with E-state index in [0.29, 0.717) is 0 Å². The maximum Gasteiger partial charge on any atom is 0.410 e. The molecule has 1 rings (SSSR count). The summed E-state index contributed by atoms with van der Waals surface area (Å²) in [5, 5.41) is 0. The molecule has 0 aliphatic carbocycles. The molecule has 100 valence electrons. The number of terminal acetylenes is 1. The maximum atomic E-state index is 11.7. The van der Waals surface area contributed by atoms with Crippen LogP contribution in [-0.4, -0.2) is 42.8 Å². The third kappa shape index (κ3) is 2.95. The number of amides is 1. The van der Waals surface area contributed by atoms with Crippen LogP contribution in [0.4, 0.5) is 4.79 Å². The maximum absolute atomic E-state index is 11.7. The standard InChI is InChI=1S/C13H19NO4/c1-6-7-13(10(15)17-5)8-14(9-13)11(16)18-12(2,3)4/h1H,7-9H2,2-5H3. The molecule has 0 radical (unpaired) electrons. The Morgan fingerprint density at radius 1 is 1.39 bits per heavy atom. The number of carbonyl (C=O) groups excluding carboxylic acids is 2. The summed E-state index contributed by atoms with van der Waals surface area (Å²) in [4.78, 5) is 24.9. The minimum absolute atomic E-state index is 0.249. The second-order valence-electron chi connectivity index (χ2n) is 5.49. The van der Waals surface area contributed by atoms with Crippen LogP contribution < -0.4 is 0 Å². The van der Waals surface area contributed by atoms with Gasteiger partial charge in [0.2, 0.25) is 0 Å². The van der Waals surface area contributed by atoms with Crippen LogP contribution in [0.3, 0.4) is 0 Å². The molecule has 0 N–H and O–H groups in total. The Balaban J connectivity index is 2.62. The smallest absolute Gasteiger partial charge is 0.410 e. The molecule has 0 unspecified atom stereocenters. The summed E-state index contributed by atoms with van der Waals surface area (Å²) in [6, 6.07) is 0. The van der Waals surface area contributed by atoms with Crippen molar-refractivity contribution in [1.82, 2.24) is 4.90 Å². The fourth-order valence-corrected chi connectivity index (χ4v) is 1.86. The van der Waals surface area contributed by atoms with Crippen molar-refractivity contribution in [2.24, 2.45) is 5.41 Å². The van der Waals surface area contributed by atoms with E-state index in [1.54, 1.807) is 20.8 Å². The van der Waals surface area contributed by atoms with E-state index >= 15 is 0 Å². The Kier molecular flexibility index (Phi) is 3.90. The summed E-state index contributed by atoms with van der Waals surface area (Å²) < 4.78 is 9.94. The molecule has 0 aromatic rings. The predicted octanol–water partition coefficient (Wildman–Crippen LogP) is 1.42. The third-order valence-electron chi connectivity index (χ3n) is 2.70. The lowest BCUT2D eigenvalue weighted by Gasteiger charge is -2.46. The van der Waals surface area contributed by atoms with Crippen molar-refractivity contribution in [3.63, 3.8) is 0 Å². The van der Waals surface area contributed by atoms with Gasteiger partial charge in [0, 0.05) is 19.5 Å². The number of hydrogen-bond acceptors (Lipinski definition) is 4. The number of ether oxygens (including phenoxy) is 2. The molecule has 0 bridgehead atoms. The molecule has 0 aromatic carbocycles. The molecule has 0 spiro atoms. The number of likely N-dealkylation sites (tertiary alicyclic amines) is 1. The molecule has 1 heterocycles. The zero-order chi connectivity index (χ0) is 14.0. The summed E-state index contributed by atoms with van der Waals surface area (Å²) in [6.07, 6.45) is 5.08. The first-order valence-corrected chi connectivity index (χ1v) is 5.74. The molecule has 1 fully saturated rings. The van der Waals surface area contributed by atoms with Gasteiger partial charge in [0.25, 0.3) is 0 Å². The average Bonchev–Trinajstić information content (AvgIpc) is 2.18. The van der Waals surface area contributed by atoms with Gasteiger partial charge in [-0.1, -0.05) is 0 Å². The lowest BCUT2D eigenvalue weighted by Crippen LogP contribution is -2.62. The molecule has 1 aliphatic heterocycles. The SMILES string of the molecule is C#CCC1(C(=O)OC)CN(C(=O)OC(C)(C)C)C1. The molecule has 5 nitrogen and oxygen atoms in total. The molecule has 1 saturated heterocycles. The molecular weight excluding hydrogens is 234 g/mol. The van der Waals surface area contributed by atoms with Gasteiger partial charge in [0.15, 0.2) is 0 Å². The van der Waals surface area contributed by atoms with Crippen molar-refractivity contribution in [3.8, 4) is 12.3 Å². The number of esters is 1. The van der Waals surface area contributed by atoms with E-state index in [2.05, 4.69) is 5.92 Å². The van der Waals surface area contributed by atoms with Crippen LogP contribution in [0.25, 0.3) is 0 Å². The lowest BCUT2D eigenvalue weighted by molar-refractivity contribution is -0.162. The fourth-order valence-electron chi connectivity index (χ4n) is 1.86. The van der Waals surface area contributed by atoms with Crippen LogP contribution in [-0.2, 0) is 14.3 Å². The highest BCUT2D eigenvalue weighted by molar-refractivity contribution is 5.82. The third-order valence-corrected chi connectivity index (χ3v) is 2.70. The molecule has 5 heteroatoms. The van der Waals surface area contributed by atoms with E-state index < -0.39 is 17.1 Å². The average molecular weight is 253 g/mol. The van der Waals surface area contributed by atoms with E-state index in [4.69, 9.17) is 15.9 Å². The monoisotopic (exact) mass is 253 g/mol. The molecular formula is C13H19NO4. The van der Waals surface area contributed by atoms with Gasteiger partial charge < -0.3 is 14.4 Å². The van der Waals surface area contributed by atoms with Crippen LogP contribution in [0.15, 0.2) is 0 Å². The summed E-state index contributed by atoms with van der Waals surface area (Å²) in [5.74, 6) is 2.08. The van der Waals surface area contributed by atoms with Crippen LogP contribution in [0, 0.1) is 17.8 Å². The highest BCUT2D eigenvalue weighted by atomic mass is 16.6. The molecule has 0 aromatic heterocycles. The van der Waals surface area contributed by atoms with Crippen molar-refractivity contribution in [2.75, 3.05) is 20.2 Å². The molecule has 0 atom stereocenters. The van der Waals surface area contributed by atoms with Gasteiger partial charge in [-0.2, -0.15) is 0 Å². The number of rotatable bonds is 2. The highest BCUT2D eigenvalue weighted by Crippen LogP contribution is 2.35. The number of methoxy groups -OCH3 is 1. The first kappa shape index (κ1) is 14.4. The second kappa shape index (κ2) is 4.89. The van der Waals surface area contributed by atoms with Crippen molar-refractivity contribution in [2.45, 2.75) is 32.8 Å². The topological polar surface area (TPSA) is 55.8 Å². The quantitative estimate of drug-likeness (QED) is 0.551. The van der Waals surface area contributed by atoms with Gasteiger partial charge in [-0.05, 0) is 20.8 Å². The summed E-state index contributed by atoms with van der Waals surface area (Å²) >= 11 is 0. The van der Waals surface area contributed by atoms with Crippen molar-refractivity contribution in [3.05, 3.63) is 0 Å². The van der Waals surface area contributed by atoms with Crippen molar-refractivity contribution >= 4 is 12.1 Å². The van der Waals surface area contributed by atoms with Gasteiger partial charge in [-0.25, -0.2) is 4.79 Å². The van der Waals surface area contributed by atoms with Crippen molar-refractivity contribution in [1.29, 1.82) is 0 Å². The summed E-state index contributed by atoms with van der Waals surface area (Å²) in [7, 11) is 1.32. The van der Waals surface area contributed by atoms with E-state index in [0.717, 1.165) is 0 Å². The largest absolute Gasteiger partial charge is 0.468 e. The summed E-state index contributed by atoms with van der Waals surface area (Å²) in [6.45, 7) is 5.87. The van der Waals surface area contributed by atoms with Gasteiger partial charge in [0.1, 0.15) is 11.0 Å². The van der Waals surface area contributed by atoms with Gasteiger partial charge in [-0.3, -0.25) is 4.79 Å². The molecule has 18 heavy (non-hydrogen) atoms. The Morgan fingerprint density at radius 2 is 1.94 bits per heavy atom. The molecule has 1 amide bonds. The Labute approximate surface area is 107 Å². The molecule has 0 saturated carbocycles. The Bertz CT molecular complexity index is 383. The van der Waals surface area contributed by atoms with E-state index in [1.807, 2.05) is 0 Å².